The first kappa shape index (κ1) is 24.6. The third-order valence-corrected chi connectivity index (χ3v) is 7.37. The van der Waals surface area contributed by atoms with Crippen LogP contribution in [0, 0.1) is 0 Å². The molecule has 0 aliphatic carbocycles. The fraction of sp³-hybridized carbons (Fsp3) is 0.0968. The molecule has 0 fully saturated rings. The Hall–Kier alpha value is -4.69. The first-order valence-corrected chi connectivity index (χ1v) is 13.3. The van der Waals surface area contributed by atoms with Crippen molar-refractivity contribution in [2.24, 2.45) is 0 Å². The Bertz CT molecular complexity index is 1740. The first-order valence-electron chi connectivity index (χ1n) is 12.3. The summed E-state index contributed by atoms with van der Waals surface area (Å²) in [5.74, 6) is 1.61. The van der Waals surface area contributed by atoms with Crippen molar-refractivity contribution in [2.75, 3.05) is 20.0 Å². The molecule has 0 aliphatic rings. The molecule has 2 heterocycles. The van der Waals surface area contributed by atoms with Crippen molar-refractivity contribution in [1.82, 2.24) is 19.7 Å². The highest BCUT2D eigenvalue weighted by Crippen LogP contribution is 2.33. The lowest BCUT2D eigenvalue weighted by Crippen LogP contribution is -2.13. The maximum Gasteiger partial charge on any atom is 0.242 e. The molecule has 0 radical (unpaired) electrons. The van der Waals surface area contributed by atoms with Gasteiger partial charge in [-0.2, -0.15) is 0 Å². The molecule has 39 heavy (non-hydrogen) atoms. The second kappa shape index (κ2) is 10.6. The number of aromatic nitrogens is 4. The Morgan fingerprint density at radius 1 is 0.692 bits per heavy atom. The van der Waals surface area contributed by atoms with Crippen LogP contribution in [-0.4, -0.2) is 45.6 Å². The van der Waals surface area contributed by atoms with E-state index in [1.54, 1.807) is 18.8 Å². The van der Waals surface area contributed by atoms with E-state index >= 15 is 0 Å². The van der Waals surface area contributed by atoms with E-state index in [1.807, 2.05) is 97.1 Å². The summed E-state index contributed by atoms with van der Waals surface area (Å²) in [6, 6.07) is 31.2. The average molecular weight is 533 g/mol. The van der Waals surface area contributed by atoms with E-state index in [0.717, 1.165) is 44.4 Å². The van der Waals surface area contributed by atoms with Gasteiger partial charge in [-0.15, -0.1) is 10.2 Å². The van der Waals surface area contributed by atoms with Gasteiger partial charge in [0.05, 0.1) is 31.0 Å². The van der Waals surface area contributed by atoms with Crippen molar-refractivity contribution in [1.29, 1.82) is 0 Å². The first-order chi connectivity index (χ1) is 19.2. The van der Waals surface area contributed by atoms with Crippen LogP contribution in [0.15, 0.2) is 102 Å². The fourth-order valence-corrected chi connectivity index (χ4v) is 5.28. The molecule has 0 amide bonds. The number of carbonyl (C=O) groups is 1. The van der Waals surface area contributed by atoms with Crippen molar-refractivity contribution >= 4 is 39.5 Å². The molecule has 0 unspecified atom stereocenters. The van der Waals surface area contributed by atoms with E-state index in [9.17, 15) is 4.79 Å². The molecule has 0 saturated carbocycles. The van der Waals surface area contributed by atoms with Crippen molar-refractivity contribution in [2.45, 2.75) is 5.16 Å². The number of para-hydroxylation sites is 2. The average Bonchev–Trinajstić information content (AvgIpc) is 3.34. The van der Waals surface area contributed by atoms with E-state index in [0.29, 0.717) is 16.5 Å². The number of ether oxygens (including phenoxy) is 2. The number of carbonyl (C=O) groups excluding carboxylic acids is 1. The summed E-state index contributed by atoms with van der Waals surface area (Å²) in [5, 5.41) is 11.4. The molecule has 0 saturated heterocycles. The molecule has 0 N–H and O–H groups in total. The number of rotatable bonds is 7. The van der Waals surface area contributed by atoms with Crippen molar-refractivity contribution < 1.29 is 14.3 Å². The Balaban J connectivity index is 1.34. The van der Waals surface area contributed by atoms with Gasteiger partial charge >= 0.3 is 0 Å². The third kappa shape index (κ3) is 4.70. The van der Waals surface area contributed by atoms with Crippen LogP contribution >= 0.6 is 11.8 Å². The van der Waals surface area contributed by atoms with E-state index in [4.69, 9.17) is 14.5 Å². The maximum absolute atomic E-state index is 13.5. The van der Waals surface area contributed by atoms with Gasteiger partial charge in [0.25, 0.3) is 0 Å². The molecule has 4 aromatic carbocycles. The summed E-state index contributed by atoms with van der Waals surface area (Å²) >= 11 is 1.27. The molecule has 0 spiro atoms. The van der Waals surface area contributed by atoms with Gasteiger partial charge in [0, 0.05) is 21.9 Å². The van der Waals surface area contributed by atoms with Crippen LogP contribution < -0.4 is 9.47 Å². The number of methoxy groups -OCH3 is 2. The molecule has 7 nitrogen and oxygen atoms in total. The molecular formula is C31H24N4O3S. The zero-order valence-corrected chi connectivity index (χ0v) is 22.2. The topological polar surface area (TPSA) is 79.1 Å². The largest absolute Gasteiger partial charge is 0.497 e. The number of nitrogens with zero attached hydrogens (tertiary/aromatic N) is 4. The summed E-state index contributed by atoms with van der Waals surface area (Å²) in [6.07, 6.45) is 0. The van der Waals surface area contributed by atoms with Crippen LogP contribution in [0.25, 0.3) is 44.3 Å². The van der Waals surface area contributed by atoms with Gasteiger partial charge in [-0.1, -0.05) is 48.2 Å². The smallest absolute Gasteiger partial charge is 0.242 e. The second-order valence-electron chi connectivity index (χ2n) is 8.80. The van der Waals surface area contributed by atoms with Gasteiger partial charge in [0.2, 0.25) is 11.1 Å². The minimum atomic E-state index is -0.0498. The molecular weight excluding hydrogens is 508 g/mol. The van der Waals surface area contributed by atoms with Crippen LogP contribution in [0.2, 0.25) is 0 Å². The van der Waals surface area contributed by atoms with Gasteiger partial charge in [-0.05, 0) is 60.7 Å². The zero-order valence-electron chi connectivity index (χ0n) is 21.4. The van der Waals surface area contributed by atoms with E-state index in [2.05, 4.69) is 10.2 Å². The Kier molecular flexibility index (Phi) is 6.69. The Labute approximate surface area is 229 Å². The Morgan fingerprint density at radius 3 is 1.74 bits per heavy atom. The predicted molar refractivity (Wildman–Crippen MR) is 155 cm³/mol. The Morgan fingerprint density at radius 2 is 1.21 bits per heavy atom. The summed E-state index contributed by atoms with van der Waals surface area (Å²) in [4.78, 5) is 18.4. The highest BCUT2D eigenvalue weighted by atomic mass is 32.2. The maximum atomic E-state index is 13.5. The normalized spacial score (nSPS) is 11.1. The van der Waals surface area contributed by atoms with E-state index in [1.165, 1.54) is 11.8 Å². The fourth-order valence-electron chi connectivity index (χ4n) is 4.65. The van der Waals surface area contributed by atoms with Gasteiger partial charge in [-0.25, -0.2) is 4.98 Å². The number of fused-ring (bicyclic) bond motifs is 3. The molecule has 0 bridgehead atoms. The second-order valence-corrected chi connectivity index (χ2v) is 9.74. The highest BCUT2D eigenvalue weighted by Gasteiger charge is 2.18. The summed E-state index contributed by atoms with van der Waals surface area (Å²) < 4.78 is 12.4. The van der Waals surface area contributed by atoms with Gasteiger partial charge < -0.3 is 9.47 Å². The lowest BCUT2D eigenvalue weighted by atomic mass is 10.0. The molecule has 8 heteroatoms. The molecule has 0 atom stereocenters. The van der Waals surface area contributed by atoms with Crippen molar-refractivity contribution in [3.8, 4) is 34.0 Å². The lowest BCUT2D eigenvalue weighted by Gasteiger charge is -2.11. The monoisotopic (exact) mass is 532 g/mol. The number of hydrogen-bond donors (Lipinski definition) is 0. The van der Waals surface area contributed by atoms with Crippen LogP contribution in [0.4, 0.5) is 0 Å². The van der Waals surface area contributed by atoms with Crippen molar-refractivity contribution in [3.63, 3.8) is 0 Å². The minimum Gasteiger partial charge on any atom is -0.497 e. The standard InChI is InChI=1S/C31H24N4O3S/c1-37-22-15-11-20(12-16-22)29-30(21-13-17-23(38-2)18-14-21)33-34-31(32-29)39-19-28(36)35-26-9-5-3-7-24(26)25-8-4-6-10-27(25)35/h3-18H,19H2,1-2H3. The molecule has 6 rings (SSSR count). The minimum absolute atomic E-state index is 0.0498. The summed E-state index contributed by atoms with van der Waals surface area (Å²) in [5.41, 5.74) is 4.81. The highest BCUT2D eigenvalue weighted by molar-refractivity contribution is 7.99. The van der Waals surface area contributed by atoms with Gasteiger partial charge in [0.15, 0.2) is 0 Å². The predicted octanol–water partition coefficient (Wildman–Crippen LogP) is 6.76. The van der Waals surface area contributed by atoms with Gasteiger partial charge in [0.1, 0.15) is 22.9 Å². The SMILES string of the molecule is COc1ccc(-c2nnc(SCC(=O)n3c4ccccc4c4ccccc43)nc2-c2ccc(OC)cc2)cc1. The number of thioether (sulfide) groups is 1. The van der Waals surface area contributed by atoms with Gasteiger partial charge in [-0.3, -0.25) is 9.36 Å². The van der Waals surface area contributed by atoms with Crippen LogP contribution in [0.1, 0.15) is 4.79 Å². The van der Waals surface area contributed by atoms with Crippen LogP contribution in [-0.2, 0) is 0 Å². The number of benzene rings is 4. The third-order valence-electron chi connectivity index (χ3n) is 6.55. The van der Waals surface area contributed by atoms with E-state index < -0.39 is 0 Å². The van der Waals surface area contributed by atoms with E-state index in [-0.39, 0.29) is 11.7 Å². The quantitative estimate of drug-likeness (QED) is 0.210. The lowest BCUT2D eigenvalue weighted by molar-refractivity contribution is 0.0951. The summed E-state index contributed by atoms with van der Waals surface area (Å²) in [6.45, 7) is 0. The van der Waals surface area contributed by atoms with Crippen LogP contribution in [0.3, 0.4) is 0 Å². The molecule has 2 aromatic heterocycles. The summed E-state index contributed by atoms with van der Waals surface area (Å²) in [7, 11) is 3.26. The molecule has 6 aromatic rings. The zero-order chi connectivity index (χ0) is 26.8. The number of hydrogen-bond acceptors (Lipinski definition) is 7. The molecule has 0 aliphatic heterocycles. The van der Waals surface area contributed by atoms with Crippen LogP contribution in [0.5, 0.6) is 11.5 Å². The van der Waals surface area contributed by atoms with Crippen molar-refractivity contribution in [3.05, 3.63) is 97.1 Å². The molecule has 192 valence electrons.